The molecule has 2 heterocycles. The van der Waals surface area contributed by atoms with Crippen molar-refractivity contribution in [3.63, 3.8) is 0 Å². The van der Waals surface area contributed by atoms with Crippen molar-refractivity contribution in [2.45, 2.75) is 32.1 Å². The zero-order valence-corrected chi connectivity index (χ0v) is 12.0. The molecular formula is C11H18N4O3S. The monoisotopic (exact) mass is 286 g/mol. The van der Waals surface area contributed by atoms with E-state index >= 15 is 0 Å². The van der Waals surface area contributed by atoms with E-state index in [1.54, 1.807) is 20.8 Å². The van der Waals surface area contributed by atoms with Crippen molar-refractivity contribution in [1.29, 1.82) is 0 Å². The molecule has 1 amide bonds. The summed E-state index contributed by atoms with van der Waals surface area (Å²) in [6, 6.07) is 0. The number of amides is 1. The topological polar surface area (TPSA) is 109 Å². The summed E-state index contributed by atoms with van der Waals surface area (Å²) in [7, 11) is -3.63. The van der Waals surface area contributed by atoms with Gasteiger partial charge in [-0.05, 0) is 27.2 Å². The minimum absolute atomic E-state index is 0.120. The van der Waals surface area contributed by atoms with Crippen LogP contribution in [0.4, 0.5) is 0 Å². The van der Waals surface area contributed by atoms with E-state index in [0.717, 1.165) is 0 Å². The molecule has 1 fully saturated rings. The molecule has 1 aliphatic heterocycles. The van der Waals surface area contributed by atoms with Crippen molar-refractivity contribution in [2.75, 3.05) is 13.1 Å². The van der Waals surface area contributed by atoms with Gasteiger partial charge in [0.05, 0.1) is 16.8 Å². The summed E-state index contributed by atoms with van der Waals surface area (Å²) in [5.74, 6) is -0.467. The number of carbonyl (C=O) groups is 1. The first kappa shape index (κ1) is 14.0. The van der Waals surface area contributed by atoms with Gasteiger partial charge in [-0.25, -0.2) is 8.42 Å². The van der Waals surface area contributed by atoms with Crippen LogP contribution in [0, 0.1) is 19.3 Å². The zero-order valence-electron chi connectivity index (χ0n) is 11.2. The Hall–Kier alpha value is -1.41. The highest BCUT2D eigenvalue weighted by Gasteiger charge is 2.44. The molecule has 0 saturated carbocycles. The summed E-state index contributed by atoms with van der Waals surface area (Å²) in [5.41, 5.74) is 5.48. The summed E-state index contributed by atoms with van der Waals surface area (Å²) < 4.78 is 26.4. The number of hydrogen-bond acceptors (Lipinski definition) is 4. The maximum Gasteiger partial charge on any atom is 0.246 e. The maximum absolute atomic E-state index is 12.6. The van der Waals surface area contributed by atoms with E-state index in [4.69, 9.17) is 5.73 Å². The first-order valence-corrected chi connectivity index (χ1v) is 7.44. The van der Waals surface area contributed by atoms with Gasteiger partial charge in [0.15, 0.2) is 0 Å². The zero-order chi connectivity index (χ0) is 14.4. The number of hydrogen-bond donors (Lipinski definition) is 2. The Bertz CT molecular complexity index is 602. The molecule has 0 radical (unpaired) electrons. The molecule has 1 saturated heterocycles. The van der Waals surface area contributed by atoms with Gasteiger partial charge < -0.3 is 5.73 Å². The van der Waals surface area contributed by atoms with Gasteiger partial charge in [-0.2, -0.15) is 9.40 Å². The lowest BCUT2D eigenvalue weighted by molar-refractivity contribution is -0.126. The van der Waals surface area contributed by atoms with Gasteiger partial charge in [-0.15, -0.1) is 0 Å². The summed E-state index contributed by atoms with van der Waals surface area (Å²) >= 11 is 0. The fourth-order valence-electron chi connectivity index (χ4n) is 2.37. The normalized spacial score (nSPS) is 24.8. The number of aromatic amines is 1. The molecule has 0 aliphatic carbocycles. The first-order valence-electron chi connectivity index (χ1n) is 6.00. The molecular weight excluding hydrogens is 268 g/mol. The summed E-state index contributed by atoms with van der Waals surface area (Å²) in [5, 5.41) is 6.57. The third-order valence-electron chi connectivity index (χ3n) is 3.69. The van der Waals surface area contributed by atoms with Crippen LogP contribution < -0.4 is 5.73 Å². The van der Waals surface area contributed by atoms with Gasteiger partial charge in [0, 0.05) is 13.1 Å². The Kier molecular flexibility index (Phi) is 3.18. The highest BCUT2D eigenvalue weighted by molar-refractivity contribution is 7.89. The van der Waals surface area contributed by atoms with Crippen LogP contribution in [0.2, 0.25) is 0 Å². The molecule has 8 heteroatoms. The average Bonchev–Trinajstić information content (AvgIpc) is 2.84. The lowest BCUT2D eigenvalue weighted by Crippen LogP contribution is -2.38. The molecule has 2 rings (SSSR count). The van der Waals surface area contributed by atoms with Crippen molar-refractivity contribution in [3.05, 3.63) is 11.4 Å². The predicted octanol–water partition coefficient (Wildman–Crippen LogP) is -0.0875. The fourth-order valence-corrected chi connectivity index (χ4v) is 4.27. The molecule has 19 heavy (non-hydrogen) atoms. The average molecular weight is 286 g/mol. The Labute approximate surface area is 112 Å². The number of aromatic nitrogens is 2. The second-order valence-corrected chi connectivity index (χ2v) is 7.15. The first-order chi connectivity index (χ1) is 8.68. The molecule has 1 atom stereocenters. The van der Waals surface area contributed by atoms with Crippen LogP contribution in [0.25, 0.3) is 0 Å². The van der Waals surface area contributed by atoms with E-state index in [2.05, 4.69) is 10.2 Å². The van der Waals surface area contributed by atoms with Gasteiger partial charge >= 0.3 is 0 Å². The lowest BCUT2D eigenvalue weighted by atomic mass is 9.89. The number of nitrogens with zero attached hydrogens (tertiary/aromatic N) is 2. The number of rotatable bonds is 3. The summed E-state index contributed by atoms with van der Waals surface area (Å²) in [6.45, 7) is 5.41. The minimum Gasteiger partial charge on any atom is -0.369 e. The van der Waals surface area contributed by atoms with Gasteiger partial charge in [0.2, 0.25) is 15.9 Å². The van der Waals surface area contributed by atoms with Crippen LogP contribution in [0.15, 0.2) is 4.90 Å². The number of primary amides is 1. The van der Waals surface area contributed by atoms with Crippen molar-refractivity contribution < 1.29 is 13.2 Å². The van der Waals surface area contributed by atoms with Crippen LogP contribution in [-0.2, 0) is 14.8 Å². The number of nitrogens with one attached hydrogen (secondary N) is 1. The second-order valence-electron chi connectivity index (χ2n) is 5.28. The van der Waals surface area contributed by atoms with Crippen molar-refractivity contribution >= 4 is 15.9 Å². The van der Waals surface area contributed by atoms with E-state index < -0.39 is 21.3 Å². The molecule has 1 unspecified atom stereocenters. The van der Waals surface area contributed by atoms with Crippen molar-refractivity contribution in [3.8, 4) is 0 Å². The van der Waals surface area contributed by atoms with Gasteiger partial charge in [-0.1, -0.05) is 0 Å². The van der Waals surface area contributed by atoms with E-state index in [9.17, 15) is 13.2 Å². The van der Waals surface area contributed by atoms with Crippen molar-refractivity contribution in [1.82, 2.24) is 14.5 Å². The van der Waals surface area contributed by atoms with E-state index in [1.807, 2.05) is 0 Å². The number of carbonyl (C=O) groups excluding carboxylic acids is 1. The van der Waals surface area contributed by atoms with Crippen LogP contribution in [-0.4, -0.2) is 41.9 Å². The molecule has 1 aromatic rings. The van der Waals surface area contributed by atoms with Crippen LogP contribution in [0.1, 0.15) is 24.7 Å². The highest BCUT2D eigenvalue weighted by Crippen LogP contribution is 2.34. The molecule has 0 spiro atoms. The van der Waals surface area contributed by atoms with E-state index in [0.29, 0.717) is 24.4 Å². The molecule has 106 valence electrons. The molecule has 3 N–H and O–H groups in total. The SMILES string of the molecule is Cc1n[nH]c(C)c1S(=O)(=O)N1CCC(C)(C(N)=O)C1. The number of aryl methyl sites for hydroxylation is 2. The van der Waals surface area contributed by atoms with Crippen LogP contribution in [0.5, 0.6) is 0 Å². The van der Waals surface area contributed by atoms with Gasteiger partial charge in [-0.3, -0.25) is 9.89 Å². The highest BCUT2D eigenvalue weighted by atomic mass is 32.2. The molecule has 1 aromatic heterocycles. The van der Waals surface area contributed by atoms with E-state index in [1.165, 1.54) is 4.31 Å². The smallest absolute Gasteiger partial charge is 0.246 e. The fraction of sp³-hybridized carbons (Fsp3) is 0.636. The third kappa shape index (κ3) is 2.14. The lowest BCUT2D eigenvalue weighted by Gasteiger charge is -2.21. The Balaban J connectivity index is 2.36. The Morgan fingerprint density at radius 2 is 2.11 bits per heavy atom. The Morgan fingerprint density at radius 3 is 2.53 bits per heavy atom. The Morgan fingerprint density at radius 1 is 1.47 bits per heavy atom. The summed E-state index contributed by atoms with van der Waals surface area (Å²) in [6.07, 6.45) is 0.442. The molecule has 0 aromatic carbocycles. The van der Waals surface area contributed by atoms with Crippen molar-refractivity contribution in [2.24, 2.45) is 11.1 Å². The third-order valence-corrected chi connectivity index (χ3v) is 5.80. The molecule has 7 nitrogen and oxygen atoms in total. The second kappa shape index (κ2) is 4.31. The quantitative estimate of drug-likeness (QED) is 0.809. The van der Waals surface area contributed by atoms with Crippen LogP contribution >= 0.6 is 0 Å². The predicted molar refractivity (Wildman–Crippen MR) is 68.7 cm³/mol. The molecule has 1 aliphatic rings. The van der Waals surface area contributed by atoms with Gasteiger partial charge in [0.25, 0.3) is 0 Å². The standard InChI is InChI=1S/C11H18N4O3S/c1-7-9(8(2)14-13-7)19(17,18)15-5-4-11(3,6-15)10(12)16/h4-6H2,1-3H3,(H2,12,16)(H,13,14). The van der Waals surface area contributed by atoms with Gasteiger partial charge in [0.1, 0.15) is 4.90 Å². The number of nitrogens with two attached hydrogens (primary N) is 1. The number of sulfonamides is 1. The maximum atomic E-state index is 12.6. The molecule has 0 bridgehead atoms. The largest absolute Gasteiger partial charge is 0.369 e. The summed E-state index contributed by atoms with van der Waals surface area (Å²) in [4.78, 5) is 11.6. The van der Waals surface area contributed by atoms with Crippen LogP contribution in [0.3, 0.4) is 0 Å². The number of H-pyrrole nitrogens is 1. The minimum atomic E-state index is -3.63. The van der Waals surface area contributed by atoms with E-state index in [-0.39, 0.29) is 11.4 Å².